The van der Waals surface area contributed by atoms with Gasteiger partial charge < -0.3 is 10.1 Å². The van der Waals surface area contributed by atoms with E-state index in [1.165, 1.54) is 0 Å². The van der Waals surface area contributed by atoms with E-state index in [0.29, 0.717) is 10.9 Å². The highest BCUT2D eigenvalue weighted by molar-refractivity contribution is 7.80. The van der Waals surface area contributed by atoms with Gasteiger partial charge in [-0.05, 0) is 56.2 Å². The number of rotatable bonds is 3. The molecule has 0 aliphatic carbocycles. The molecular formula is C13H19N3O2S. The largest absolute Gasteiger partial charge is 0.481 e. The molecule has 5 nitrogen and oxygen atoms in total. The Morgan fingerprint density at radius 3 is 2.32 bits per heavy atom. The Bertz CT molecular complexity index is 457. The summed E-state index contributed by atoms with van der Waals surface area (Å²) < 4.78 is 5.59. The summed E-state index contributed by atoms with van der Waals surface area (Å²) >= 11 is 4.85. The summed E-state index contributed by atoms with van der Waals surface area (Å²) in [5.74, 6) is 0.383. The Hall–Kier alpha value is -1.82. The van der Waals surface area contributed by atoms with E-state index >= 15 is 0 Å². The van der Waals surface area contributed by atoms with Crippen LogP contribution in [0.4, 0.5) is 0 Å². The van der Waals surface area contributed by atoms with Gasteiger partial charge in [0.15, 0.2) is 11.2 Å². The Balaban J connectivity index is 2.56. The van der Waals surface area contributed by atoms with Crippen molar-refractivity contribution in [1.82, 2.24) is 16.2 Å². The third-order valence-electron chi connectivity index (χ3n) is 2.40. The maximum atomic E-state index is 11.8. The third kappa shape index (κ3) is 5.13. The molecule has 1 aromatic rings. The molecule has 0 heterocycles. The van der Waals surface area contributed by atoms with Crippen molar-refractivity contribution >= 4 is 23.2 Å². The van der Waals surface area contributed by atoms with Gasteiger partial charge in [-0.1, -0.05) is 6.07 Å². The molecule has 0 aromatic heterocycles. The van der Waals surface area contributed by atoms with Crippen molar-refractivity contribution in [2.75, 3.05) is 7.05 Å². The molecule has 0 saturated carbocycles. The van der Waals surface area contributed by atoms with Crippen LogP contribution in [0.3, 0.4) is 0 Å². The number of thiocarbonyl (C=S) groups is 1. The summed E-state index contributed by atoms with van der Waals surface area (Å²) in [4.78, 5) is 11.8. The van der Waals surface area contributed by atoms with Crippen LogP contribution in [0.15, 0.2) is 18.2 Å². The second-order valence-electron chi connectivity index (χ2n) is 4.28. The Labute approximate surface area is 118 Å². The molecule has 0 fully saturated rings. The normalized spacial score (nSPS) is 11.4. The van der Waals surface area contributed by atoms with Gasteiger partial charge in [0.05, 0.1) is 0 Å². The van der Waals surface area contributed by atoms with E-state index in [2.05, 4.69) is 16.2 Å². The van der Waals surface area contributed by atoms with Crippen molar-refractivity contribution in [3.8, 4) is 5.75 Å². The first-order valence-corrected chi connectivity index (χ1v) is 6.35. The fourth-order valence-electron chi connectivity index (χ4n) is 1.54. The van der Waals surface area contributed by atoms with Crippen molar-refractivity contribution in [2.24, 2.45) is 0 Å². The maximum Gasteiger partial charge on any atom is 0.279 e. The average Bonchev–Trinajstić information content (AvgIpc) is 2.33. The van der Waals surface area contributed by atoms with Crippen LogP contribution < -0.4 is 20.9 Å². The highest BCUT2D eigenvalue weighted by Gasteiger charge is 2.14. The molecule has 3 N–H and O–H groups in total. The van der Waals surface area contributed by atoms with Gasteiger partial charge in [0.2, 0.25) is 0 Å². The van der Waals surface area contributed by atoms with E-state index in [4.69, 9.17) is 17.0 Å². The number of carbonyl (C=O) groups excluding carboxylic acids is 1. The quantitative estimate of drug-likeness (QED) is 0.574. The number of hydrogen-bond donors (Lipinski definition) is 3. The van der Waals surface area contributed by atoms with Gasteiger partial charge in [0, 0.05) is 7.05 Å². The van der Waals surface area contributed by atoms with Crippen molar-refractivity contribution in [3.63, 3.8) is 0 Å². The minimum absolute atomic E-state index is 0.295. The monoisotopic (exact) mass is 281 g/mol. The van der Waals surface area contributed by atoms with Crippen LogP contribution in [-0.2, 0) is 4.79 Å². The highest BCUT2D eigenvalue weighted by atomic mass is 32.1. The van der Waals surface area contributed by atoms with E-state index in [-0.39, 0.29) is 5.91 Å². The molecule has 0 spiro atoms. The lowest BCUT2D eigenvalue weighted by Gasteiger charge is -2.16. The summed E-state index contributed by atoms with van der Waals surface area (Å²) in [6.45, 7) is 5.64. The third-order valence-corrected chi connectivity index (χ3v) is 2.71. The number of amides is 1. The predicted molar refractivity (Wildman–Crippen MR) is 78.9 cm³/mol. The molecule has 19 heavy (non-hydrogen) atoms. The molecule has 1 rings (SSSR count). The van der Waals surface area contributed by atoms with Gasteiger partial charge in [0.25, 0.3) is 5.91 Å². The SMILES string of the molecule is CNC(=S)NNC(=O)[C@@H](C)Oc1cc(C)cc(C)c1. The molecular weight excluding hydrogens is 262 g/mol. The van der Waals surface area contributed by atoms with Crippen LogP contribution in [0, 0.1) is 13.8 Å². The second-order valence-corrected chi connectivity index (χ2v) is 4.69. The molecule has 0 aliphatic heterocycles. The summed E-state index contributed by atoms with van der Waals surface area (Å²) in [6, 6.07) is 5.83. The van der Waals surface area contributed by atoms with Crippen LogP contribution in [0.1, 0.15) is 18.1 Å². The van der Waals surface area contributed by atoms with Gasteiger partial charge >= 0.3 is 0 Å². The van der Waals surface area contributed by atoms with Gasteiger partial charge in [0.1, 0.15) is 5.75 Å². The second kappa shape index (κ2) is 6.94. The minimum atomic E-state index is -0.617. The predicted octanol–water partition coefficient (Wildman–Crippen LogP) is 1.20. The number of hydrogen-bond acceptors (Lipinski definition) is 3. The number of carbonyl (C=O) groups is 1. The molecule has 0 radical (unpaired) electrons. The molecule has 1 aromatic carbocycles. The molecule has 0 unspecified atom stereocenters. The molecule has 0 aliphatic rings. The van der Waals surface area contributed by atoms with Crippen LogP contribution in [-0.4, -0.2) is 24.2 Å². The van der Waals surface area contributed by atoms with Crippen molar-refractivity contribution in [2.45, 2.75) is 26.9 Å². The van der Waals surface area contributed by atoms with Crippen molar-refractivity contribution in [3.05, 3.63) is 29.3 Å². The van der Waals surface area contributed by atoms with Gasteiger partial charge in [-0.2, -0.15) is 0 Å². The molecule has 6 heteroatoms. The van der Waals surface area contributed by atoms with Gasteiger partial charge in [-0.3, -0.25) is 15.6 Å². The molecule has 1 atom stereocenters. The number of nitrogens with one attached hydrogen (secondary N) is 3. The summed E-state index contributed by atoms with van der Waals surface area (Å²) in [5.41, 5.74) is 7.22. The van der Waals surface area contributed by atoms with E-state index in [1.54, 1.807) is 14.0 Å². The van der Waals surface area contributed by atoms with Crippen LogP contribution in [0.5, 0.6) is 5.75 Å². The zero-order valence-electron chi connectivity index (χ0n) is 11.5. The van der Waals surface area contributed by atoms with Crippen LogP contribution in [0.25, 0.3) is 0 Å². The Morgan fingerprint density at radius 1 is 1.21 bits per heavy atom. The topological polar surface area (TPSA) is 62.4 Å². The summed E-state index contributed by atoms with van der Waals surface area (Å²) in [5, 5.41) is 3.03. The van der Waals surface area contributed by atoms with Gasteiger partial charge in [-0.15, -0.1) is 0 Å². The van der Waals surface area contributed by atoms with Crippen LogP contribution >= 0.6 is 12.2 Å². The Morgan fingerprint density at radius 2 is 1.79 bits per heavy atom. The maximum absolute atomic E-state index is 11.8. The van der Waals surface area contributed by atoms with E-state index in [1.807, 2.05) is 32.0 Å². The Kier molecular flexibility index (Phi) is 5.57. The fraction of sp³-hybridized carbons (Fsp3) is 0.385. The van der Waals surface area contributed by atoms with E-state index < -0.39 is 6.10 Å². The first kappa shape index (κ1) is 15.2. The summed E-state index contributed by atoms with van der Waals surface area (Å²) in [6.07, 6.45) is -0.617. The lowest BCUT2D eigenvalue weighted by Crippen LogP contribution is -2.49. The number of benzene rings is 1. The zero-order valence-corrected chi connectivity index (χ0v) is 12.4. The summed E-state index contributed by atoms with van der Waals surface area (Å²) in [7, 11) is 1.66. The standard InChI is InChI=1S/C13H19N3O2S/c1-8-5-9(2)7-11(6-8)18-10(3)12(17)15-16-13(19)14-4/h5-7,10H,1-4H3,(H,15,17)(H2,14,16,19)/t10-/m1/s1. The number of ether oxygens (including phenoxy) is 1. The minimum Gasteiger partial charge on any atom is -0.481 e. The first-order valence-electron chi connectivity index (χ1n) is 5.95. The smallest absolute Gasteiger partial charge is 0.279 e. The lowest BCUT2D eigenvalue weighted by molar-refractivity contribution is -0.127. The van der Waals surface area contributed by atoms with E-state index in [9.17, 15) is 4.79 Å². The molecule has 1 amide bonds. The molecule has 0 bridgehead atoms. The number of aryl methyl sites for hydroxylation is 2. The number of hydrazine groups is 1. The molecule has 104 valence electrons. The van der Waals surface area contributed by atoms with E-state index in [0.717, 1.165) is 11.1 Å². The van der Waals surface area contributed by atoms with Gasteiger partial charge in [-0.25, -0.2) is 0 Å². The fourth-order valence-corrected chi connectivity index (χ4v) is 1.59. The van der Waals surface area contributed by atoms with Crippen LogP contribution in [0.2, 0.25) is 0 Å². The highest BCUT2D eigenvalue weighted by Crippen LogP contribution is 2.17. The van der Waals surface area contributed by atoms with Crippen molar-refractivity contribution < 1.29 is 9.53 Å². The average molecular weight is 281 g/mol. The molecule has 0 saturated heterocycles. The van der Waals surface area contributed by atoms with Crippen molar-refractivity contribution in [1.29, 1.82) is 0 Å². The first-order chi connectivity index (χ1) is 8.92. The lowest BCUT2D eigenvalue weighted by atomic mass is 10.1. The zero-order chi connectivity index (χ0) is 14.4.